The van der Waals surface area contributed by atoms with E-state index in [1.165, 1.54) is 17.7 Å². The molecule has 3 aromatic rings. The number of nitrogens with zero attached hydrogens (tertiary/aromatic N) is 2. The lowest BCUT2D eigenvalue weighted by Crippen LogP contribution is -1.95. The SMILES string of the molecule is Fc1ccc(-c2ccc(CCc3cccnc3)nc2)cc1. The van der Waals surface area contributed by atoms with Crippen LogP contribution < -0.4 is 0 Å². The van der Waals surface area contributed by atoms with Crippen LogP contribution in [0.1, 0.15) is 11.3 Å². The monoisotopic (exact) mass is 278 g/mol. The molecule has 2 heterocycles. The van der Waals surface area contributed by atoms with Gasteiger partial charge < -0.3 is 0 Å². The number of hydrogen-bond acceptors (Lipinski definition) is 2. The second-order valence-electron chi connectivity index (χ2n) is 4.91. The molecule has 3 heteroatoms. The second kappa shape index (κ2) is 6.27. The third-order valence-corrected chi connectivity index (χ3v) is 3.39. The smallest absolute Gasteiger partial charge is 0.123 e. The zero-order chi connectivity index (χ0) is 14.5. The van der Waals surface area contributed by atoms with E-state index in [0.717, 1.165) is 29.7 Å². The van der Waals surface area contributed by atoms with Crippen LogP contribution in [0.15, 0.2) is 67.1 Å². The largest absolute Gasteiger partial charge is 0.264 e. The fourth-order valence-electron chi connectivity index (χ4n) is 2.20. The molecule has 0 saturated carbocycles. The average molecular weight is 278 g/mol. The Labute approximate surface area is 123 Å². The zero-order valence-corrected chi connectivity index (χ0v) is 11.5. The van der Waals surface area contributed by atoms with E-state index in [0.29, 0.717) is 0 Å². The Hall–Kier alpha value is -2.55. The highest BCUT2D eigenvalue weighted by molar-refractivity contribution is 5.62. The molecule has 3 rings (SSSR count). The summed E-state index contributed by atoms with van der Waals surface area (Å²) in [4.78, 5) is 8.59. The highest BCUT2D eigenvalue weighted by Crippen LogP contribution is 2.19. The number of aryl methyl sites for hydroxylation is 2. The minimum absolute atomic E-state index is 0.222. The highest BCUT2D eigenvalue weighted by atomic mass is 19.1. The van der Waals surface area contributed by atoms with E-state index in [4.69, 9.17) is 0 Å². The Morgan fingerprint density at radius 1 is 0.810 bits per heavy atom. The van der Waals surface area contributed by atoms with Crippen molar-refractivity contribution in [3.63, 3.8) is 0 Å². The third kappa shape index (κ3) is 3.51. The number of halogens is 1. The van der Waals surface area contributed by atoms with Crippen LogP contribution in [0.4, 0.5) is 4.39 Å². The quantitative estimate of drug-likeness (QED) is 0.719. The Morgan fingerprint density at radius 3 is 2.29 bits per heavy atom. The standard InChI is InChI=1S/C18H15FN2/c19-17-7-4-15(5-8-17)16-6-10-18(21-13-16)9-3-14-2-1-11-20-12-14/h1-2,4-8,10-13H,3,9H2. The fraction of sp³-hybridized carbons (Fsp3) is 0.111. The van der Waals surface area contributed by atoms with E-state index in [1.54, 1.807) is 18.3 Å². The summed E-state index contributed by atoms with van der Waals surface area (Å²) in [6.45, 7) is 0. The van der Waals surface area contributed by atoms with E-state index in [-0.39, 0.29) is 5.82 Å². The van der Waals surface area contributed by atoms with Crippen molar-refractivity contribution < 1.29 is 4.39 Å². The van der Waals surface area contributed by atoms with Gasteiger partial charge in [0.2, 0.25) is 0 Å². The normalized spacial score (nSPS) is 10.5. The van der Waals surface area contributed by atoms with Crippen LogP contribution in [-0.2, 0) is 12.8 Å². The van der Waals surface area contributed by atoms with Gasteiger partial charge in [0.1, 0.15) is 5.82 Å². The second-order valence-corrected chi connectivity index (χ2v) is 4.91. The van der Waals surface area contributed by atoms with Crippen molar-refractivity contribution in [2.45, 2.75) is 12.8 Å². The van der Waals surface area contributed by atoms with Crippen molar-refractivity contribution >= 4 is 0 Å². The highest BCUT2D eigenvalue weighted by Gasteiger charge is 2.01. The Bertz CT molecular complexity index is 692. The minimum Gasteiger partial charge on any atom is -0.264 e. The fourth-order valence-corrected chi connectivity index (χ4v) is 2.20. The summed E-state index contributed by atoms with van der Waals surface area (Å²) in [7, 11) is 0. The van der Waals surface area contributed by atoms with Crippen LogP contribution in [0.3, 0.4) is 0 Å². The van der Waals surface area contributed by atoms with Gasteiger partial charge in [0.25, 0.3) is 0 Å². The van der Waals surface area contributed by atoms with E-state index in [2.05, 4.69) is 16.0 Å². The van der Waals surface area contributed by atoms with Crippen molar-refractivity contribution in [3.8, 4) is 11.1 Å². The molecule has 2 aromatic heterocycles. The molecule has 0 N–H and O–H groups in total. The van der Waals surface area contributed by atoms with Crippen molar-refractivity contribution in [2.75, 3.05) is 0 Å². The molecule has 104 valence electrons. The molecule has 0 aliphatic carbocycles. The lowest BCUT2D eigenvalue weighted by molar-refractivity contribution is 0.628. The molecule has 0 unspecified atom stereocenters. The van der Waals surface area contributed by atoms with Crippen LogP contribution in [0.2, 0.25) is 0 Å². The van der Waals surface area contributed by atoms with E-state index < -0.39 is 0 Å². The molecule has 0 bridgehead atoms. The molecule has 0 saturated heterocycles. The predicted molar refractivity (Wildman–Crippen MR) is 81.3 cm³/mol. The molecule has 0 aliphatic heterocycles. The molecule has 1 aromatic carbocycles. The van der Waals surface area contributed by atoms with Gasteiger partial charge in [-0.05, 0) is 48.2 Å². The average Bonchev–Trinajstić information content (AvgIpc) is 2.55. The molecular formula is C18H15FN2. The van der Waals surface area contributed by atoms with Crippen molar-refractivity contribution in [2.24, 2.45) is 0 Å². The van der Waals surface area contributed by atoms with Gasteiger partial charge in [-0.25, -0.2) is 4.39 Å². The van der Waals surface area contributed by atoms with Gasteiger partial charge >= 0.3 is 0 Å². The van der Waals surface area contributed by atoms with Gasteiger partial charge in [0, 0.05) is 29.8 Å². The van der Waals surface area contributed by atoms with Gasteiger partial charge in [-0.1, -0.05) is 24.3 Å². The third-order valence-electron chi connectivity index (χ3n) is 3.39. The molecular weight excluding hydrogens is 263 g/mol. The van der Waals surface area contributed by atoms with Gasteiger partial charge in [0.05, 0.1) is 0 Å². The molecule has 0 radical (unpaired) electrons. The van der Waals surface area contributed by atoms with Gasteiger partial charge in [-0.2, -0.15) is 0 Å². The number of hydrogen-bond donors (Lipinski definition) is 0. The number of rotatable bonds is 4. The molecule has 0 spiro atoms. The van der Waals surface area contributed by atoms with Crippen molar-refractivity contribution in [1.29, 1.82) is 0 Å². The van der Waals surface area contributed by atoms with Gasteiger partial charge in [-0.3, -0.25) is 9.97 Å². The first-order valence-corrected chi connectivity index (χ1v) is 6.91. The molecule has 0 fully saturated rings. The minimum atomic E-state index is -0.222. The van der Waals surface area contributed by atoms with Gasteiger partial charge in [0.15, 0.2) is 0 Å². The number of pyridine rings is 2. The first kappa shape index (κ1) is 13.4. The Balaban J connectivity index is 1.68. The maximum absolute atomic E-state index is 12.9. The first-order chi connectivity index (χ1) is 10.3. The van der Waals surface area contributed by atoms with Crippen molar-refractivity contribution in [3.05, 3.63) is 84.2 Å². The predicted octanol–water partition coefficient (Wildman–Crippen LogP) is 4.07. The number of benzene rings is 1. The summed E-state index contributed by atoms with van der Waals surface area (Å²) in [5.41, 5.74) is 4.23. The van der Waals surface area contributed by atoms with Crippen LogP contribution in [0.25, 0.3) is 11.1 Å². The van der Waals surface area contributed by atoms with E-state index in [9.17, 15) is 4.39 Å². The van der Waals surface area contributed by atoms with Crippen LogP contribution in [0.5, 0.6) is 0 Å². The maximum atomic E-state index is 12.9. The maximum Gasteiger partial charge on any atom is 0.123 e. The zero-order valence-electron chi connectivity index (χ0n) is 11.5. The van der Waals surface area contributed by atoms with Crippen molar-refractivity contribution in [1.82, 2.24) is 9.97 Å². The summed E-state index contributed by atoms with van der Waals surface area (Å²) in [6, 6.07) is 14.5. The summed E-state index contributed by atoms with van der Waals surface area (Å²) in [5, 5.41) is 0. The molecule has 2 nitrogen and oxygen atoms in total. The Morgan fingerprint density at radius 2 is 1.62 bits per heavy atom. The summed E-state index contributed by atoms with van der Waals surface area (Å²) < 4.78 is 12.9. The van der Waals surface area contributed by atoms with Gasteiger partial charge in [-0.15, -0.1) is 0 Å². The molecule has 21 heavy (non-hydrogen) atoms. The summed E-state index contributed by atoms with van der Waals surface area (Å²) in [6.07, 6.45) is 7.31. The van der Waals surface area contributed by atoms with E-state index in [1.807, 2.05) is 30.6 Å². The van der Waals surface area contributed by atoms with Crippen LogP contribution in [0, 0.1) is 5.82 Å². The molecule has 0 aliphatic rings. The lowest BCUT2D eigenvalue weighted by atomic mass is 10.1. The summed E-state index contributed by atoms with van der Waals surface area (Å²) >= 11 is 0. The Kier molecular flexibility index (Phi) is 4.01. The van der Waals surface area contributed by atoms with Crippen LogP contribution >= 0.6 is 0 Å². The summed E-state index contributed by atoms with van der Waals surface area (Å²) in [5.74, 6) is -0.222. The molecule has 0 atom stereocenters. The van der Waals surface area contributed by atoms with E-state index >= 15 is 0 Å². The molecule has 0 amide bonds. The number of aromatic nitrogens is 2. The first-order valence-electron chi connectivity index (χ1n) is 6.91. The lowest BCUT2D eigenvalue weighted by Gasteiger charge is -2.04. The van der Waals surface area contributed by atoms with Crippen LogP contribution in [-0.4, -0.2) is 9.97 Å². The topological polar surface area (TPSA) is 25.8 Å².